The Kier molecular flexibility index (Phi) is 4.65. The van der Waals surface area contributed by atoms with Crippen LogP contribution in [-0.4, -0.2) is 38.6 Å². The zero-order chi connectivity index (χ0) is 19.7. The van der Waals surface area contributed by atoms with Crippen LogP contribution >= 0.6 is 0 Å². The van der Waals surface area contributed by atoms with Crippen LogP contribution in [0.2, 0.25) is 0 Å². The minimum atomic E-state index is -0.291. The van der Waals surface area contributed by atoms with Crippen LogP contribution in [0.4, 0.5) is 0 Å². The molecule has 0 atom stereocenters. The first-order valence-electron chi connectivity index (χ1n) is 9.20. The molecule has 0 saturated heterocycles. The fourth-order valence-corrected chi connectivity index (χ4v) is 3.41. The SMILES string of the molecule is Cc1cccn2cc(CNC(=O)CCCN3C(=O)c4ccccc4C3=O)nc12. The maximum atomic E-state index is 12.3. The molecule has 0 radical (unpaired) electrons. The lowest BCUT2D eigenvalue weighted by Crippen LogP contribution is -2.32. The fraction of sp³-hybridized carbons (Fsp3) is 0.238. The molecule has 1 aromatic carbocycles. The van der Waals surface area contributed by atoms with Gasteiger partial charge in [0.15, 0.2) is 0 Å². The molecule has 0 aliphatic carbocycles. The topological polar surface area (TPSA) is 83.8 Å². The smallest absolute Gasteiger partial charge is 0.261 e. The predicted octanol–water partition coefficient (Wildman–Crippen LogP) is 2.34. The summed E-state index contributed by atoms with van der Waals surface area (Å²) in [4.78, 5) is 42.5. The molecule has 0 spiro atoms. The minimum absolute atomic E-state index is 0.134. The van der Waals surface area contributed by atoms with Crippen molar-refractivity contribution >= 4 is 23.4 Å². The highest BCUT2D eigenvalue weighted by Crippen LogP contribution is 2.22. The quantitative estimate of drug-likeness (QED) is 0.670. The average Bonchev–Trinajstić information content (AvgIpc) is 3.22. The summed E-state index contributed by atoms with van der Waals surface area (Å²) in [5.41, 5.74) is 3.58. The number of imidazole rings is 1. The highest BCUT2D eigenvalue weighted by Gasteiger charge is 2.34. The van der Waals surface area contributed by atoms with Crippen molar-refractivity contribution in [1.29, 1.82) is 0 Å². The van der Waals surface area contributed by atoms with Gasteiger partial charge in [-0.05, 0) is 37.1 Å². The summed E-state index contributed by atoms with van der Waals surface area (Å²) in [5.74, 6) is -0.715. The van der Waals surface area contributed by atoms with Gasteiger partial charge in [0.2, 0.25) is 5.91 Å². The normalized spacial score (nSPS) is 13.2. The molecule has 1 aliphatic rings. The number of rotatable bonds is 6. The van der Waals surface area contributed by atoms with E-state index in [0.29, 0.717) is 24.1 Å². The zero-order valence-corrected chi connectivity index (χ0v) is 15.5. The van der Waals surface area contributed by atoms with Gasteiger partial charge >= 0.3 is 0 Å². The first-order valence-corrected chi connectivity index (χ1v) is 9.20. The molecule has 0 bridgehead atoms. The molecule has 0 unspecified atom stereocenters. The van der Waals surface area contributed by atoms with Gasteiger partial charge in [-0.2, -0.15) is 0 Å². The average molecular weight is 376 g/mol. The Bertz CT molecular complexity index is 1050. The number of carbonyl (C=O) groups excluding carboxylic acids is 3. The standard InChI is InChI=1S/C21H20N4O3/c1-14-6-4-10-24-13-15(23-19(14)24)12-22-18(26)9-5-11-25-20(27)16-7-2-3-8-17(16)21(25)28/h2-4,6-8,10,13H,5,9,11-12H2,1H3,(H,22,26). The summed E-state index contributed by atoms with van der Waals surface area (Å²) in [7, 11) is 0. The summed E-state index contributed by atoms with van der Waals surface area (Å²) in [5, 5.41) is 2.84. The van der Waals surface area contributed by atoms with Crippen LogP contribution in [0.5, 0.6) is 0 Å². The fourth-order valence-electron chi connectivity index (χ4n) is 3.41. The molecule has 3 amide bonds. The van der Waals surface area contributed by atoms with Gasteiger partial charge in [0.1, 0.15) is 5.65 Å². The third kappa shape index (κ3) is 3.26. The molecule has 3 aromatic rings. The van der Waals surface area contributed by atoms with Gasteiger partial charge in [-0.3, -0.25) is 19.3 Å². The van der Waals surface area contributed by atoms with Gasteiger partial charge in [0, 0.05) is 25.4 Å². The Morgan fingerprint density at radius 3 is 2.46 bits per heavy atom. The van der Waals surface area contributed by atoms with Gasteiger partial charge in [0.25, 0.3) is 11.8 Å². The number of hydrogen-bond donors (Lipinski definition) is 1. The Balaban J connectivity index is 1.28. The van der Waals surface area contributed by atoms with Crippen LogP contribution < -0.4 is 5.32 Å². The molecule has 142 valence electrons. The van der Waals surface area contributed by atoms with Crippen molar-refractivity contribution in [1.82, 2.24) is 19.6 Å². The first kappa shape index (κ1) is 17.9. The summed E-state index contributed by atoms with van der Waals surface area (Å²) in [6.45, 7) is 2.56. The van der Waals surface area contributed by atoms with Crippen LogP contribution in [0.25, 0.3) is 5.65 Å². The Labute approximate surface area is 162 Å². The summed E-state index contributed by atoms with van der Waals surface area (Å²) < 4.78 is 1.93. The van der Waals surface area contributed by atoms with Crippen molar-refractivity contribution in [2.75, 3.05) is 6.54 Å². The van der Waals surface area contributed by atoms with Gasteiger partial charge < -0.3 is 9.72 Å². The number of pyridine rings is 1. The van der Waals surface area contributed by atoms with E-state index in [1.54, 1.807) is 24.3 Å². The molecule has 1 aliphatic heterocycles. The van der Waals surface area contributed by atoms with Crippen molar-refractivity contribution in [2.24, 2.45) is 0 Å². The van der Waals surface area contributed by atoms with Crippen LogP contribution in [0.15, 0.2) is 48.8 Å². The maximum absolute atomic E-state index is 12.3. The number of imide groups is 1. The van der Waals surface area contributed by atoms with E-state index < -0.39 is 0 Å². The summed E-state index contributed by atoms with van der Waals surface area (Å²) >= 11 is 0. The van der Waals surface area contributed by atoms with E-state index in [9.17, 15) is 14.4 Å². The lowest BCUT2D eigenvalue weighted by atomic mass is 10.1. The lowest BCUT2D eigenvalue weighted by molar-refractivity contribution is -0.121. The summed E-state index contributed by atoms with van der Waals surface area (Å²) in [6, 6.07) is 10.7. The van der Waals surface area contributed by atoms with E-state index in [2.05, 4.69) is 10.3 Å². The second-order valence-electron chi connectivity index (χ2n) is 6.84. The molecule has 0 saturated carbocycles. The van der Waals surface area contributed by atoms with Gasteiger partial charge in [-0.25, -0.2) is 4.98 Å². The van der Waals surface area contributed by atoms with E-state index in [-0.39, 0.29) is 30.7 Å². The largest absolute Gasteiger partial charge is 0.350 e. The number of amides is 3. The highest BCUT2D eigenvalue weighted by atomic mass is 16.2. The zero-order valence-electron chi connectivity index (χ0n) is 15.5. The second kappa shape index (κ2) is 7.26. The number of fused-ring (bicyclic) bond motifs is 2. The molecular weight excluding hydrogens is 356 g/mol. The minimum Gasteiger partial charge on any atom is -0.350 e. The molecule has 0 fully saturated rings. The Morgan fingerprint density at radius 1 is 1.07 bits per heavy atom. The third-order valence-electron chi connectivity index (χ3n) is 4.86. The van der Waals surface area contributed by atoms with E-state index in [4.69, 9.17) is 0 Å². The Morgan fingerprint density at radius 2 is 1.79 bits per heavy atom. The molecule has 1 N–H and O–H groups in total. The van der Waals surface area contributed by atoms with Gasteiger partial charge in [-0.15, -0.1) is 0 Å². The van der Waals surface area contributed by atoms with E-state index in [0.717, 1.165) is 16.9 Å². The number of nitrogens with zero attached hydrogens (tertiary/aromatic N) is 3. The van der Waals surface area contributed by atoms with E-state index in [1.165, 1.54) is 4.90 Å². The van der Waals surface area contributed by atoms with Crippen LogP contribution in [0.1, 0.15) is 44.8 Å². The van der Waals surface area contributed by atoms with Crippen molar-refractivity contribution < 1.29 is 14.4 Å². The molecule has 2 aromatic heterocycles. The van der Waals surface area contributed by atoms with Crippen molar-refractivity contribution in [3.63, 3.8) is 0 Å². The van der Waals surface area contributed by atoms with Gasteiger partial charge in [0.05, 0.1) is 23.4 Å². The second-order valence-corrected chi connectivity index (χ2v) is 6.84. The molecule has 28 heavy (non-hydrogen) atoms. The van der Waals surface area contributed by atoms with Crippen LogP contribution in [0.3, 0.4) is 0 Å². The first-order chi connectivity index (χ1) is 13.5. The molecule has 3 heterocycles. The number of aryl methyl sites for hydroxylation is 1. The van der Waals surface area contributed by atoms with E-state index in [1.807, 2.05) is 35.9 Å². The lowest BCUT2D eigenvalue weighted by Gasteiger charge is -2.13. The number of nitrogens with one attached hydrogen (secondary N) is 1. The number of hydrogen-bond acceptors (Lipinski definition) is 4. The number of carbonyl (C=O) groups is 3. The van der Waals surface area contributed by atoms with Crippen LogP contribution in [0, 0.1) is 6.92 Å². The summed E-state index contributed by atoms with van der Waals surface area (Å²) in [6.07, 6.45) is 4.46. The Hall–Kier alpha value is -3.48. The monoisotopic (exact) mass is 376 g/mol. The highest BCUT2D eigenvalue weighted by molar-refractivity contribution is 6.21. The number of benzene rings is 1. The van der Waals surface area contributed by atoms with Crippen molar-refractivity contribution in [3.05, 3.63) is 71.2 Å². The maximum Gasteiger partial charge on any atom is 0.261 e. The molecule has 7 nitrogen and oxygen atoms in total. The van der Waals surface area contributed by atoms with E-state index >= 15 is 0 Å². The van der Waals surface area contributed by atoms with Crippen molar-refractivity contribution in [3.8, 4) is 0 Å². The third-order valence-corrected chi connectivity index (χ3v) is 4.86. The molecule has 4 rings (SSSR count). The van der Waals surface area contributed by atoms with Crippen LogP contribution in [-0.2, 0) is 11.3 Å². The number of aromatic nitrogens is 2. The molecule has 7 heteroatoms. The molecular formula is C21H20N4O3. The van der Waals surface area contributed by atoms with Gasteiger partial charge in [-0.1, -0.05) is 18.2 Å². The van der Waals surface area contributed by atoms with Crippen molar-refractivity contribution in [2.45, 2.75) is 26.3 Å². The predicted molar refractivity (Wildman–Crippen MR) is 103 cm³/mol.